The molecule has 0 bridgehead atoms. The summed E-state index contributed by atoms with van der Waals surface area (Å²) in [5.41, 5.74) is 0. The van der Waals surface area contributed by atoms with Gasteiger partial charge in [-0.1, -0.05) is 0 Å². The maximum absolute atomic E-state index is 5.40. The number of piperazine rings is 1. The molecule has 3 saturated heterocycles. The zero-order valence-electron chi connectivity index (χ0n) is 17.4. The highest BCUT2D eigenvalue weighted by atomic mass is 16.5. The first-order valence-corrected chi connectivity index (χ1v) is 10.5. The molecule has 3 rings (SSSR count). The van der Waals surface area contributed by atoms with Crippen molar-refractivity contribution in [3.8, 4) is 0 Å². The van der Waals surface area contributed by atoms with Crippen LogP contribution in [0.2, 0.25) is 0 Å². The highest BCUT2D eigenvalue weighted by Crippen LogP contribution is 2.18. The molecule has 0 aromatic rings. The average Bonchev–Trinajstić information content (AvgIpc) is 2.63. The van der Waals surface area contributed by atoms with E-state index in [0.717, 1.165) is 44.4 Å². The van der Waals surface area contributed by atoms with Gasteiger partial charge in [0.25, 0.3) is 0 Å². The van der Waals surface area contributed by atoms with Gasteiger partial charge in [0.15, 0.2) is 0 Å². The second kappa shape index (κ2) is 10.8. The highest BCUT2D eigenvalue weighted by Gasteiger charge is 2.26. The minimum absolute atomic E-state index is 0.718. The first-order chi connectivity index (χ1) is 12.0. The second-order valence-corrected chi connectivity index (χ2v) is 8.44. The minimum atomic E-state index is 0.718. The van der Waals surface area contributed by atoms with Crippen molar-refractivity contribution >= 4 is 0 Å². The van der Waals surface area contributed by atoms with E-state index in [0.29, 0.717) is 0 Å². The Morgan fingerprint density at radius 1 is 0.680 bits per heavy atom. The number of likely N-dealkylation sites (tertiary alicyclic amines) is 1. The first-order valence-electron chi connectivity index (χ1n) is 10.5. The number of nitrogens with zero attached hydrogens (tertiary/aromatic N) is 4. The summed E-state index contributed by atoms with van der Waals surface area (Å²) in [5.74, 6) is 0. The Bertz CT molecular complexity index is 342. The molecule has 148 valence electrons. The number of piperidine rings is 1. The predicted octanol–water partition coefficient (Wildman–Crippen LogP) is 1.83. The molecule has 3 aliphatic heterocycles. The fourth-order valence-corrected chi connectivity index (χ4v) is 4.05. The zero-order chi connectivity index (χ0) is 18.2. The van der Waals surface area contributed by atoms with E-state index in [-0.39, 0.29) is 0 Å². The quantitative estimate of drug-likeness (QED) is 0.769. The molecule has 5 nitrogen and oxygen atoms in total. The molecule has 0 atom stereocenters. The molecular weight excluding hydrogens is 312 g/mol. The van der Waals surface area contributed by atoms with Crippen LogP contribution in [0.4, 0.5) is 0 Å². The summed E-state index contributed by atoms with van der Waals surface area (Å²) in [7, 11) is 2.19. The lowest BCUT2D eigenvalue weighted by atomic mass is 10.0. The largest absolute Gasteiger partial charge is 0.379 e. The smallest absolute Gasteiger partial charge is 0.0594 e. The summed E-state index contributed by atoms with van der Waals surface area (Å²) < 4.78 is 5.40. The van der Waals surface area contributed by atoms with Gasteiger partial charge in [0, 0.05) is 57.4 Å². The van der Waals surface area contributed by atoms with Crippen molar-refractivity contribution in [3.63, 3.8) is 0 Å². The molecule has 0 aromatic heterocycles. The van der Waals surface area contributed by atoms with Gasteiger partial charge in [0.1, 0.15) is 0 Å². The lowest BCUT2D eigenvalue weighted by Crippen LogP contribution is -2.50. The fraction of sp³-hybridized carbons (Fsp3) is 1.00. The first kappa shape index (κ1) is 21.1. The standard InChI is InChI=1S/C12H24N2O.C8H18N2/c1-11(2)13-5-3-12(4-6-13)14-7-9-15-10-8-14;1-8(2)10-6-4-9(3)5-7-10/h11-12H,3-10H2,1-2H3;8H,4-7H2,1-3H3. The van der Waals surface area contributed by atoms with Crippen molar-refractivity contribution in [2.24, 2.45) is 0 Å². The van der Waals surface area contributed by atoms with E-state index in [4.69, 9.17) is 4.74 Å². The normalized spacial score (nSPS) is 26.0. The van der Waals surface area contributed by atoms with E-state index in [1.54, 1.807) is 0 Å². The summed E-state index contributed by atoms with van der Waals surface area (Å²) in [4.78, 5) is 10.1. The number of morpholine rings is 1. The SMILES string of the molecule is CC(C)N1CCC(N2CCOCC2)CC1.CC(C)N1CCN(C)CC1. The van der Waals surface area contributed by atoms with Crippen molar-refractivity contribution in [3.05, 3.63) is 0 Å². The van der Waals surface area contributed by atoms with Gasteiger partial charge in [-0.25, -0.2) is 0 Å². The van der Waals surface area contributed by atoms with Gasteiger partial charge >= 0.3 is 0 Å². The van der Waals surface area contributed by atoms with E-state index in [1.165, 1.54) is 52.1 Å². The molecule has 0 aromatic carbocycles. The average molecular weight is 355 g/mol. The Balaban J connectivity index is 0.000000196. The Morgan fingerprint density at radius 3 is 1.64 bits per heavy atom. The van der Waals surface area contributed by atoms with Crippen LogP contribution in [-0.2, 0) is 4.74 Å². The van der Waals surface area contributed by atoms with Crippen LogP contribution >= 0.6 is 0 Å². The summed E-state index contributed by atoms with van der Waals surface area (Å²) in [6, 6.07) is 2.27. The highest BCUT2D eigenvalue weighted by molar-refractivity contribution is 4.82. The molecule has 0 unspecified atom stereocenters. The van der Waals surface area contributed by atoms with Gasteiger partial charge in [0.2, 0.25) is 0 Å². The van der Waals surface area contributed by atoms with Gasteiger partial charge in [-0.3, -0.25) is 9.80 Å². The van der Waals surface area contributed by atoms with Crippen molar-refractivity contribution in [1.29, 1.82) is 0 Å². The van der Waals surface area contributed by atoms with E-state index in [2.05, 4.69) is 54.3 Å². The molecule has 25 heavy (non-hydrogen) atoms. The van der Waals surface area contributed by atoms with Crippen molar-refractivity contribution < 1.29 is 4.74 Å². The van der Waals surface area contributed by atoms with Gasteiger partial charge in [0.05, 0.1) is 13.2 Å². The number of hydrogen-bond donors (Lipinski definition) is 0. The third-order valence-electron chi connectivity index (χ3n) is 6.06. The predicted molar refractivity (Wildman–Crippen MR) is 106 cm³/mol. The number of likely N-dealkylation sites (N-methyl/N-ethyl adjacent to an activating group) is 1. The van der Waals surface area contributed by atoms with E-state index in [9.17, 15) is 0 Å². The molecule has 3 fully saturated rings. The molecule has 3 aliphatic rings. The van der Waals surface area contributed by atoms with E-state index >= 15 is 0 Å². The van der Waals surface area contributed by atoms with Crippen LogP contribution in [0.3, 0.4) is 0 Å². The maximum Gasteiger partial charge on any atom is 0.0594 e. The van der Waals surface area contributed by atoms with E-state index < -0.39 is 0 Å². The third kappa shape index (κ3) is 7.14. The zero-order valence-corrected chi connectivity index (χ0v) is 17.4. The van der Waals surface area contributed by atoms with Crippen molar-refractivity contribution in [1.82, 2.24) is 19.6 Å². The Labute approximate surface area is 156 Å². The fourth-order valence-electron chi connectivity index (χ4n) is 4.05. The molecule has 0 amide bonds. The minimum Gasteiger partial charge on any atom is -0.379 e. The van der Waals surface area contributed by atoms with Crippen LogP contribution in [0.15, 0.2) is 0 Å². The molecule has 0 N–H and O–H groups in total. The molecule has 0 radical (unpaired) electrons. The summed E-state index contributed by atoms with van der Waals surface area (Å²) >= 11 is 0. The topological polar surface area (TPSA) is 22.2 Å². The van der Waals surface area contributed by atoms with Crippen LogP contribution in [0.1, 0.15) is 40.5 Å². The third-order valence-corrected chi connectivity index (χ3v) is 6.06. The van der Waals surface area contributed by atoms with Crippen LogP contribution in [0.5, 0.6) is 0 Å². The van der Waals surface area contributed by atoms with Crippen molar-refractivity contribution in [2.75, 3.05) is 72.6 Å². The number of rotatable bonds is 3. The van der Waals surface area contributed by atoms with E-state index in [1.807, 2.05) is 0 Å². The number of ether oxygens (including phenoxy) is 1. The Kier molecular flexibility index (Phi) is 9.14. The van der Waals surface area contributed by atoms with Crippen LogP contribution in [-0.4, -0.2) is 110 Å². The van der Waals surface area contributed by atoms with Gasteiger partial charge in [-0.2, -0.15) is 0 Å². The second-order valence-electron chi connectivity index (χ2n) is 8.44. The summed E-state index contributed by atoms with van der Waals surface area (Å²) in [6.07, 6.45) is 2.69. The molecule has 0 spiro atoms. The molecule has 0 aliphatic carbocycles. The van der Waals surface area contributed by atoms with Gasteiger partial charge in [-0.05, 0) is 60.7 Å². The summed E-state index contributed by atoms with van der Waals surface area (Å²) in [6.45, 7) is 20.8. The molecule has 3 heterocycles. The Morgan fingerprint density at radius 2 is 1.16 bits per heavy atom. The maximum atomic E-state index is 5.40. The lowest BCUT2D eigenvalue weighted by molar-refractivity contribution is -0.00175. The van der Waals surface area contributed by atoms with Crippen LogP contribution in [0, 0.1) is 0 Å². The summed E-state index contributed by atoms with van der Waals surface area (Å²) in [5, 5.41) is 0. The molecular formula is C20H42N4O. The number of hydrogen-bond acceptors (Lipinski definition) is 5. The molecule has 0 saturated carbocycles. The van der Waals surface area contributed by atoms with Crippen LogP contribution < -0.4 is 0 Å². The Hall–Kier alpha value is -0.200. The van der Waals surface area contributed by atoms with Gasteiger partial charge < -0.3 is 14.5 Å². The lowest BCUT2D eigenvalue weighted by Gasteiger charge is -2.41. The van der Waals surface area contributed by atoms with Crippen LogP contribution in [0.25, 0.3) is 0 Å². The van der Waals surface area contributed by atoms with Gasteiger partial charge in [-0.15, -0.1) is 0 Å². The monoisotopic (exact) mass is 354 g/mol. The molecule has 5 heteroatoms. The van der Waals surface area contributed by atoms with Crippen molar-refractivity contribution in [2.45, 2.75) is 58.7 Å².